The van der Waals surface area contributed by atoms with Crippen molar-refractivity contribution >= 4 is 29.2 Å². The molecular weight excluding hydrogens is 354 g/mol. The second kappa shape index (κ2) is 8.64. The Hall–Kier alpha value is -1.93. The zero-order valence-electron chi connectivity index (χ0n) is 14.9. The number of nitrogens with one attached hydrogen (secondary N) is 2. The number of fused-ring (bicyclic) bond motifs is 1. The third-order valence-corrected chi connectivity index (χ3v) is 6.15. The van der Waals surface area contributed by atoms with Gasteiger partial charge in [-0.3, -0.25) is 19.8 Å². The number of carbonyl (C=O) groups is 3. The van der Waals surface area contributed by atoms with Gasteiger partial charge in [-0.05, 0) is 36.6 Å². The molecule has 26 heavy (non-hydrogen) atoms. The maximum absolute atomic E-state index is 12.3. The van der Waals surface area contributed by atoms with Crippen LogP contribution < -0.4 is 10.6 Å². The monoisotopic (exact) mass is 379 g/mol. The van der Waals surface area contributed by atoms with Crippen LogP contribution in [0.15, 0.2) is 17.5 Å². The van der Waals surface area contributed by atoms with Gasteiger partial charge >= 0.3 is 12.0 Å². The molecule has 2 heterocycles. The molecule has 0 aromatic carbocycles. The highest BCUT2D eigenvalue weighted by Crippen LogP contribution is 2.39. The molecule has 2 fully saturated rings. The fourth-order valence-corrected chi connectivity index (χ4v) is 4.75. The van der Waals surface area contributed by atoms with Gasteiger partial charge in [0.05, 0.1) is 20.2 Å². The largest absolute Gasteiger partial charge is 0.468 e. The maximum atomic E-state index is 12.3. The van der Waals surface area contributed by atoms with E-state index in [1.165, 1.54) is 13.5 Å². The molecule has 3 atom stereocenters. The molecule has 8 heteroatoms. The molecule has 1 saturated heterocycles. The lowest BCUT2D eigenvalue weighted by Crippen LogP contribution is -2.50. The number of nitrogens with zero attached hydrogens (tertiary/aromatic N) is 1. The van der Waals surface area contributed by atoms with E-state index in [4.69, 9.17) is 4.74 Å². The van der Waals surface area contributed by atoms with E-state index in [1.54, 1.807) is 11.3 Å². The van der Waals surface area contributed by atoms with Crippen molar-refractivity contribution in [3.05, 3.63) is 22.4 Å². The van der Waals surface area contributed by atoms with E-state index in [1.807, 2.05) is 22.4 Å². The Bertz CT molecular complexity index is 649. The Balaban J connectivity index is 1.55. The number of hydrogen-bond acceptors (Lipinski definition) is 6. The van der Waals surface area contributed by atoms with Gasteiger partial charge in [-0.1, -0.05) is 18.9 Å². The lowest BCUT2D eigenvalue weighted by molar-refractivity contribution is -0.146. The zero-order valence-corrected chi connectivity index (χ0v) is 15.7. The number of methoxy groups -OCH3 is 1. The first kappa shape index (κ1) is 18.8. The van der Waals surface area contributed by atoms with Crippen molar-refractivity contribution in [3.8, 4) is 0 Å². The van der Waals surface area contributed by atoms with Crippen molar-refractivity contribution < 1.29 is 19.1 Å². The van der Waals surface area contributed by atoms with Gasteiger partial charge in [-0.25, -0.2) is 4.79 Å². The molecule has 1 aromatic heterocycles. The summed E-state index contributed by atoms with van der Waals surface area (Å²) in [6, 6.07) is 3.13. The van der Waals surface area contributed by atoms with Crippen LogP contribution in [0.2, 0.25) is 0 Å². The molecule has 0 spiro atoms. The normalized spacial score (nSPS) is 25.3. The molecule has 1 aliphatic heterocycles. The summed E-state index contributed by atoms with van der Waals surface area (Å²) in [4.78, 5) is 39.3. The van der Waals surface area contributed by atoms with Crippen LogP contribution in [0, 0.1) is 5.92 Å². The highest BCUT2D eigenvalue weighted by molar-refractivity contribution is 7.09. The fraction of sp³-hybridized carbons (Fsp3) is 0.611. The van der Waals surface area contributed by atoms with Gasteiger partial charge in [0.25, 0.3) is 0 Å². The first-order valence-electron chi connectivity index (χ1n) is 9.02. The zero-order chi connectivity index (χ0) is 18.5. The minimum atomic E-state index is -0.516. The number of urea groups is 1. The van der Waals surface area contributed by atoms with Gasteiger partial charge in [-0.2, -0.15) is 0 Å². The molecule has 0 unspecified atom stereocenters. The predicted molar refractivity (Wildman–Crippen MR) is 97.6 cm³/mol. The summed E-state index contributed by atoms with van der Waals surface area (Å²) in [5, 5.41) is 6.97. The second-order valence-corrected chi connectivity index (χ2v) is 7.90. The van der Waals surface area contributed by atoms with Crippen molar-refractivity contribution in [3.63, 3.8) is 0 Å². The Kier molecular flexibility index (Phi) is 6.26. The molecule has 3 amide bonds. The summed E-state index contributed by atoms with van der Waals surface area (Å²) >= 11 is 1.54. The Morgan fingerprint density at radius 1 is 1.31 bits per heavy atom. The number of esters is 1. The smallest absolute Gasteiger partial charge is 0.323 e. The quantitative estimate of drug-likeness (QED) is 0.763. The maximum Gasteiger partial charge on any atom is 0.323 e. The van der Waals surface area contributed by atoms with Gasteiger partial charge in [0.15, 0.2) is 0 Å². The minimum Gasteiger partial charge on any atom is -0.468 e. The van der Waals surface area contributed by atoms with Crippen LogP contribution in [0.25, 0.3) is 0 Å². The van der Waals surface area contributed by atoms with E-state index >= 15 is 0 Å². The van der Waals surface area contributed by atoms with E-state index in [9.17, 15) is 14.4 Å². The van der Waals surface area contributed by atoms with Crippen LogP contribution in [0.3, 0.4) is 0 Å². The number of imide groups is 1. The molecule has 2 aliphatic rings. The highest BCUT2D eigenvalue weighted by Gasteiger charge is 2.46. The molecule has 2 N–H and O–H groups in total. The molecule has 142 valence electrons. The first-order valence-corrected chi connectivity index (χ1v) is 9.90. The van der Waals surface area contributed by atoms with Gasteiger partial charge < -0.3 is 10.1 Å². The van der Waals surface area contributed by atoms with Gasteiger partial charge in [0.1, 0.15) is 6.04 Å². The minimum absolute atomic E-state index is 0.0351. The first-order chi connectivity index (χ1) is 12.6. The van der Waals surface area contributed by atoms with Crippen LogP contribution >= 0.6 is 11.3 Å². The number of amides is 3. The highest BCUT2D eigenvalue weighted by atomic mass is 32.1. The van der Waals surface area contributed by atoms with E-state index in [0.29, 0.717) is 12.5 Å². The van der Waals surface area contributed by atoms with Crippen LogP contribution in [0.5, 0.6) is 0 Å². The van der Waals surface area contributed by atoms with Crippen LogP contribution in [-0.4, -0.2) is 48.5 Å². The molecule has 3 rings (SSSR count). The van der Waals surface area contributed by atoms with Crippen LogP contribution in [-0.2, 0) is 20.9 Å². The topological polar surface area (TPSA) is 87.7 Å². The third-order valence-electron chi connectivity index (χ3n) is 5.28. The SMILES string of the molecule is COC(=O)[C@@H]1C[C@H]2CCCC[C@@H]2N1CC(=O)NC(=O)NCc1cccs1. The van der Waals surface area contributed by atoms with Crippen LogP contribution in [0.1, 0.15) is 37.0 Å². The van der Waals surface area contributed by atoms with Gasteiger partial charge in [0, 0.05) is 10.9 Å². The number of hydrogen-bond donors (Lipinski definition) is 2. The average Bonchev–Trinajstić information content (AvgIpc) is 3.27. The number of ether oxygens (including phenoxy) is 1. The van der Waals surface area contributed by atoms with Crippen molar-refractivity contribution in [2.24, 2.45) is 5.92 Å². The summed E-state index contributed by atoms with van der Waals surface area (Å²) < 4.78 is 4.92. The fourth-order valence-electron chi connectivity index (χ4n) is 4.10. The summed E-state index contributed by atoms with van der Waals surface area (Å²) in [7, 11) is 1.38. The molecule has 7 nitrogen and oxygen atoms in total. The average molecular weight is 379 g/mol. The summed E-state index contributed by atoms with van der Waals surface area (Å²) in [6.45, 7) is 0.420. The summed E-state index contributed by atoms with van der Waals surface area (Å²) in [5.74, 6) is -0.267. The third kappa shape index (κ3) is 4.42. The van der Waals surface area contributed by atoms with Crippen molar-refractivity contribution in [2.75, 3.05) is 13.7 Å². The standard InChI is InChI=1S/C18H25N3O4S/c1-25-17(23)15-9-12-5-2-3-7-14(12)21(15)11-16(22)20-18(24)19-10-13-6-4-8-26-13/h4,6,8,12,14-15H,2-3,5,7,9-11H2,1H3,(H2,19,20,22,24)/t12-,14+,15+/m1/s1. The molecule has 0 radical (unpaired) electrons. The van der Waals surface area contributed by atoms with Crippen LogP contribution in [0.4, 0.5) is 4.79 Å². The number of thiophene rings is 1. The molecule has 0 bridgehead atoms. The second-order valence-electron chi connectivity index (χ2n) is 6.87. The van der Waals surface area contributed by atoms with E-state index < -0.39 is 18.0 Å². The van der Waals surface area contributed by atoms with Gasteiger partial charge in [0.2, 0.25) is 5.91 Å². The molecular formula is C18H25N3O4S. The molecule has 1 saturated carbocycles. The van der Waals surface area contributed by atoms with Crippen molar-refractivity contribution in [1.29, 1.82) is 0 Å². The van der Waals surface area contributed by atoms with E-state index in [0.717, 1.165) is 30.6 Å². The lowest BCUT2D eigenvalue weighted by atomic mass is 9.85. The van der Waals surface area contributed by atoms with E-state index in [-0.39, 0.29) is 18.6 Å². The summed E-state index contributed by atoms with van der Waals surface area (Å²) in [6.07, 6.45) is 5.07. The Morgan fingerprint density at radius 2 is 2.12 bits per heavy atom. The lowest BCUT2D eigenvalue weighted by Gasteiger charge is -2.32. The van der Waals surface area contributed by atoms with Crippen molar-refractivity contribution in [2.45, 2.75) is 50.7 Å². The Labute approximate surface area is 157 Å². The molecule has 1 aromatic rings. The number of carbonyl (C=O) groups excluding carboxylic acids is 3. The summed E-state index contributed by atoms with van der Waals surface area (Å²) in [5.41, 5.74) is 0. The van der Waals surface area contributed by atoms with E-state index in [2.05, 4.69) is 10.6 Å². The van der Waals surface area contributed by atoms with Crippen molar-refractivity contribution in [1.82, 2.24) is 15.5 Å². The molecule has 1 aliphatic carbocycles. The predicted octanol–water partition coefficient (Wildman–Crippen LogP) is 1.88. The number of rotatable bonds is 5. The number of likely N-dealkylation sites (tertiary alicyclic amines) is 1. The van der Waals surface area contributed by atoms with Gasteiger partial charge in [-0.15, -0.1) is 11.3 Å². The Morgan fingerprint density at radius 3 is 2.85 bits per heavy atom.